The third-order valence-electron chi connectivity index (χ3n) is 5.15. The van der Waals surface area contributed by atoms with Gasteiger partial charge in [-0.25, -0.2) is 4.99 Å². The summed E-state index contributed by atoms with van der Waals surface area (Å²) in [4.78, 5) is 36.0. The zero-order chi connectivity index (χ0) is 21.1. The van der Waals surface area contributed by atoms with Crippen LogP contribution in [0.15, 0.2) is 58.5 Å². The van der Waals surface area contributed by atoms with Crippen LogP contribution in [0.1, 0.15) is 37.8 Å². The molecule has 154 valence electrons. The van der Waals surface area contributed by atoms with Gasteiger partial charge in [0.2, 0.25) is 5.91 Å². The Morgan fingerprint density at radius 3 is 2.60 bits per heavy atom. The number of aryl methyl sites for hydroxylation is 1. The van der Waals surface area contributed by atoms with Gasteiger partial charge in [0.25, 0.3) is 5.91 Å². The summed E-state index contributed by atoms with van der Waals surface area (Å²) in [7, 11) is 0. The fourth-order valence-electron chi connectivity index (χ4n) is 3.60. The van der Waals surface area contributed by atoms with E-state index in [1.165, 1.54) is 17.3 Å². The summed E-state index contributed by atoms with van der Waals surface area (Å²) in [6.45, 7) is 4.14. The molecule has 2 heterocycles. The fraction of sp³-hybridized carbons (Fsp3) is 0.304. The minimum atomic E-state index is -0.353. The van der Waals surface area contributed by atoms with Crippen LogP contribution in [-0.2, 0) is 16.0 Å². The molecule has 1 atom stereocenters. The summed E-state index contributed by atoms with van der Waals surface area (Å²) < 4.78 is 0. The molecule has 0 fully saturated rings. The lowest BCUT2D eigenvalue weighted by atomic mass is 10.1. The minimum absolute atomic E-state index is 0.109. The zero-order valence-corrected chi connectivity index (χ0v) is 17.9. The van der Waals surface area contributed by atoms with Gasteiger partial charge < -0.3 is 5.32 Å². The van der Waals surface area contributed by atoms with Gasteiger partial charge in [-0.1, -0.05) is 56.3 Å². The second kappa shape index (κ2) is 8.83. The van der Waals surface area contributed by atoms with Crippen molar-refractivity contribution in [2.24, 2.45) is 9.98 Å². The topological polar surface area (TPSA) is 74.1 Å². The van der Waals surface area contributed by atoms with E-state index in [2.05, 4.69) is 17.2 Å². The van der Waals surface area contributed by atoms with Crippen molar-refractivity contribution in [2.45, 2.75) is 39.2 Å². The largest absolute Gasteiger partial charge is 0.325 e. The Labute approximate surface area is 180 Å². The lowest BCUT2D eigenvalue weighted by Crippen LogP contribution is -2.43. The first kappa shape index (κ1) is 20.3. The first-order valence-electron chi connectivity index (χ1n) is 10.2. The van der Waals surface area contributed by atoms with E-state index in [9.17, 15) is 9.59 Å². The standard InChI is InChI=1S/C23H24N4O2S/c1-3-7-19-22(29)26-21-17-8-5-6-9-18(17)25-23(27(19)21)30-14-20(28)24-16-12-10-15(4-2)11-13-16/h5-6,8-13,19H,3-4,7,14H2,1-2H3,(H,24,28). The van der Waals surface area contributed by atoms with Crippen molar-refractivity contribution < 1.29 is 9.59 Å². The number of fused-ring (bicyclic) bond motifs is 3. The molecule has 1 N–H and O–H groups in total. The molecule has 0 saturated heterocycles. The fourth-order valence-corrected chi connectivity index (χ4v) is 4.45. The Hall–Kier alpha value is -2.93. The predicted molar refractivity (Wildman–Crippen MR) is 123 cm³/mol. The summed E-state index contributed by atoms with van der Waals surface area (Å²) in [5.41, 5.74) is 3.63. The summed E-state index contributed by atoms with van der Waals surface area (Å²) in [5, 5.41) is 3.57. The van der Waals surface area contributed by atoms with Gasteiger partial charge in [0.15, 0.2) is 5.17 Å². The number of nitrogens with zero attached hydrogens (tertiary/aromatic N) is 3. The molecule has 0 aliphatic carbocycles. The number of carbonyl (C=O) groups excluding carboxylic acids is 2. The molecule has 0 saturated carbocycles. The molecule has 6 nitrogen and oxygen atoms in total. The lowest BCUT2D eigenvalue weighted by molar-refractivity contribution is -0.119. The molecule has 2 amide bonds. The molecule has 2 aliphatic heterocycles. The molecule has 2 aliphatic rings. The van der Waals surface area contributed by atoms with E-state index in [0.29, 0.717) is 17.4 Å². The number of anilines is 1. The SMILES string of the molecule is CCCC1C(=O)N=C2c3ccccc3N=C(SCC(=O)Nc3ccc(CC)cc3)N21. The lowest BCUT2D eigenvalue weighted by Gasteiger charge is -2.30. The number of hydrogen-bond donors (Lipinski definition) is 1. The molecule has 2 aromatic rings. The molecule has 30 heavy (non-hydrogen) atoms. The summed E-state index contributed by atoms with van der Waals surface area (Å²) in [6.07, 6.45) is 2.52. The number of aliphatic imine (C=N–C) groups is 2. The highest BCUT2D eigenvalue weighted by Gasteiger charge is 2.41. The number of thioether (sulfide) groups is 1. The van der Waals surface area contributed by atoms with E-state index in [-0.39, 0.29) is 23.6 Å². The van der Waals surface area contributed by atoms with Gasteiger partial charge in [0, 0.05) is 11.3 Å². The molecule has 2 aromatic carbocycles. The maximum Gasteiger partial charge on any atom is 0.270 e. The molecule has 7 heteroatoms. The van der Waals surface area contributed by atoms with E-state index < -0.39 is 0 Å². The average molecular weight is 421 g/mol. The number of hydrogen-bond acceptors (Lipinski definition) is 5. The summed E-state index contributed by atoms with van der Waals surface area (Å²) >= 11 is 1.33. The summed E-state index contributed by atoms with van der Waals surface area (Å²) in [6, 6.07) is 15.2. The van der Waals surface area contributed by atoms with Crippen molar-refractivity contribution in [3.8, 4) is 0 Å². The number of nitrogens with one attached hydrogen (secondary N) is 1. The number of para-hydroxylation sites is 1. The highest BCUT2D eigenvalue weighted by molar-refractivity contribution is 8.14. The van der Waals surface area contributed by atoms with Crippen LogP contribution in [0.25, 0.3) is 0 Å². The van der Waals surface area contributed by atoms with Crippen molar-refractivity contribution in [1.82, 2.24) is 4.90 Å². The van der Waals surface area contributed by atoms with Crippen molar-refractivity contribution in [1.29, 1.82) is 0 Å². The average Bonchev–Trinajstić information content (AvgIpc) is 3.09. The third kappa shape index (κ3) is 4.03. The van der Waals surface area contributed by atoms with Crippen LogP contribution in [0, 0.1) is 0 Å². The highest BCUT2D eigenvalue weighted by atomic mass is 32.2. The summed E-state index contributed by atoms with van der Waals surface area (Å²) in [5.74, 6) is 0.592. The van der Waals surface area contributed by atoms with Crippen LogP contribution in [0.4, 0.5) is 11.4 Å². The number of benzene rings is 2. The van der Waals surface area contributed by atoms with Crippen LogP contribution < -0.4 is 5.32 Å². The zero-order valence-electron chi connectivity index (χ0n) is 17.1. The Morgan fingerprint density at radius 2 is 1.87 bits per heavy atom. The van der Waals surface area contributed by atoms with Crippen molar-refractivity contribution in [3.05, 3.63) is 59.7 Å². The Bertz CT molecular complexity index is 1030. The van der Waals surface area contributed by atoms with Crippen molar-refractivity contribution >= 4 is 46.0 Å². The van der Waals surface area contributed by atoms with Crippen LogP contribution >= 0.6 is 11.8 Å². The maximum absolute atomic E-state index is 12.5. The van der Waals surface area contributed by atoms with E-state index in [1.807, 2.05) is 60.4 Å². The smallest absolute Gasteiger partial charge is 0.270 e. The third-order valence-corrected chi connectivity index (χ3v) is 6.10. The van der Waals surface area contributed by atoms with Crippen LogP contribution in [0.2, 0.25) is 0 Å². The monoisotopic (exact) mass is 420 g/mol. The molecule has 0 radical (unpaired) electrons. The van der Waals surface area contributed by atoms with Crippen molar-refractivity contribution in [2.75, 3.05) is 11.1 Å². The van der Waals surface area contributed by atoms with E-state index >= 15 is 0 Å². The van der Waals surface area contributed by atoms with Gasteiger partial charge in [-0.2, -0.15) is 4.99 Å². The number of amidine groups is 2. The molecular weight excluding hydrogens is 396 g/mol. The normalized spacial score (nSPS) is 17.2. The van der Waals surface area contributed by atoms with Crippen LogP contribution in [0.5, 0.6) is 0 Å². The number of amides is 2. The van der Waals surface area contributed by atoms with E-state index in [4.69, 9.17) is 4.99 Å². The minimum Gasteiger partial charge on any atom is -0.325 e. The first-order valence-corrected chi connectivity index (χ1v) is 11.2. The van der Waals surface area contributed by atoms with Gasteiger partial charge in [0.1, 0.15) is 11.9 Å². The van der Waals surface area contributed by atoms with E-state index in [1.54, 1.807) is 0 Å². The van der Waals surface area contributed by atoms with Gasteiger partial charge in [-0.15, -0.1) is 0 Å². The Morgan fingerprint density at radius 1 is 1.10 bits per heavy atom. The second-order valence-electron chi connectivity index (χ2n) is 7.25. The van der Waals surface area contributed by atoms with Gasteiger partial charge >= 0.3 is 0 Å². The van der Waals surface area contributed by atoms with Crippen LogP contribution in [0.3, 0.4) is 0 Å². The van der Waals surface area contributed by atoms with Gasteiger partial charge in [-0.3, -0.25) is 14.5 Å². The quantitative estimate of drug-likeness (QED) is 0.753. The molecule has 1 unspecified atom stereocenters. The van der Waals surface area contributed by atoms with Crippen molar-refractivity contribution in [3.63, 3.8) is 0 Å². The van der Waals surface area contributed by atoms with E-state index in [0.717, 1.165) is 29.8 Å². The van der Waals surface area contributed by atoms with Gasteiger partial charge in [0.05, 0.1) is 11.4 Å². The first-order chi connectivity index (χ1) is 14.6. The molecule has 0 bridgehead atoms. The number of rotatable bonds is 6. The predicted octanol–water partition coefficient (Wildman–Crippen LogP) is 4.38. The highest BCUT2D eigenvalue weighted by Crippen LogP contribution is 2.35. The Balaban J connectivity index is 1.51. The maximum atomic E-state index is 12.5. The number of carbonyl (C=O) groups is 2. The second-order valence-corrected chi connectivity index (χ2v) is 8.19. The Kier molecular flexibility index (Phi) is 5.99. The van der Waals surface area contributed by atoms with Gasteiger partial charge in [-0.05, 0) is 42.7 Å². The molecular formula is C23H24N4O2S. The van der Waals surface area contributed by atoms with Crippen LogP contribution in [-0.4, -0.2) is 39.5 Å². The molecule has 4 rings (SSSR count). The molecule has 0 spiro atoms. The molecule has 0 aromatic heterocycles.